The van der Waals surface area contributed by atoms with Gasteiger partial charge in [-0.1, -0.05) is 11.6 Å². The summed E-state index contributed by atoms with van der Waals surface area (Å²) in [4.78, 5) is 18.9. The molecular formula is C19H29N3O2S. The van der Waals surface area contributed by atoms with E-state index < -0.39 is 0 Å². The number of allylic oxidation sites excluding steroid dienone is 1. The number of aryl methyl sites for hydroxylation is 1. The summed E-state index contributed by atoms with van der Waals surface area (Å²) in [5.74, 6) is -0.0922. The van der Waals surface area contributed by atoms with Crippen LogP contribution in [0.2, 0.25) is 0 Å². The number of nitrogens with one attached hydrogen (secondary N) is 1. The smallest absolute Gasteiger partial charge is 0.270 e. The van der Waals surface area contributed by atoms with Gasteiger partial charge in [0.05, 0.1) is 16.7 Å². The molecule has 1 aromatic heterocycles. The first kappa shape index (κ1) is 18.5. The quantitative estimate of drug-likeness (QED) is 0.817. The van der Waals surface area contributed by atoms with E-state index in [1.165, 1.54) is 16.9 Å². The molecule has 1 unspecified atom stereocenters. The summed E-state index contributed by atoms with van der Waals surface area (Å²) in [7, 11) is 0. The van der Waals surface area contributed by atoms with Gasteiger partial charge < -0.3 is 10.1 Å². The van der Waals surface area contributed by atoms with Gasteiger partial charge >= 0.3 is 0 Å². The lowest BCUT2D eigenvalue weighted by Gasteiger charge is -2.39. The Morgan fingerprint density at radius 1 is 1.44 bits per heavy atom. The number of hydrogen-bond acceptors (Lipinski definition) is 5. The zero-order chi connectivity index (χ0) is 17.9. The van der Waals surface area contributed by atoms with Crippen molar-refractivity contribution < 1.29 is 9.53 Å². The average molecular weight is 364 g/mol. The molecule has 3 rings (SSSR count). The van der Waals surface area contributed by atoms with Gasteiger partial charge in [0.1, 0.15) is 5.69 Å². The van der Waals surface area contributed by atoms with E-state index in [0.29, 0.717) is 12.2 Å². The Bertz CT molecular complexity index is 628. The Morgan fingerprint density at radius 2 is 2.20 bits per heavy atom. The molecule has 5 nitrogen and oxygen atoms in total. The van der Waals surface area contributed by atoms with E-state index in [0.717, 1.165) is 50.3 Å². The van der Waals surface area contributed by atoms with Gasteiger partial charge in [-0.3, -0.25) is 9.69 Å². The lowest BCUT2D eigenvalue weighted by molar-refractivity contribution is -0.0741. The number of carbonyl (C=O) groups excluding carboxylic acids is 1. The average Bonchev–Trinajstić information content (AvgIpc) is 3.19. The van der Waals surface area contributed by atoms with Gasteiger partial charge in [0.15, 0.2) is 0 Å². The van der Waals surface area contributed by atoms with Crippen LogP contribution in [0.1, 0.15) is 55.0 Å². The zero-order valence-electron chi connectivity index (χ0n) is 15.5. The van der Waals surface area contributed by atoms with Gasteiger partial charge in [-0.25, -0.2) is 4.98 Å². The van der Waals surface area contributed by atoms with Crippen LogP contribution in [0.3, 0.4) is 0 Å². The highest BCUT2D eigenvalue weighted by molar-refractivity contribution is 7.09. The fraction of sp³-hybridized carbons (Fsp3) is 0.684. The van der Waals surface area contributed by atoms with Gasteiger partial charge in [-0.15, -0.1) is 11.3 Å². The third kappa shape index (κ3) is 4.90. The highest BCUT2D eigenvalue weighted by Gasteiger charge is 2.42. The summed E-state index contributed by atoms with van der Waals surface area (Å²) < 4.78 is 6.38. The Labute approximate surface area is 154 Å². The first-order valence-corrected chi connectivity index (χ1v) is 10.1. The normalized spacial score (nSPS) is 22.9. The van der Waals surface area contributed by atoms with Crippen molar-refractivity contribution >= 4 is 17.2 Å². The fourth-order valence-electron chi connectivity index (χ4n) is 3.63. The highest BCUT2D eigenvalue weighted by Crippen LogP contribution is 2.38. The third-order valence-electron chi connectivity index (χ3n) is 5.21. The molecule has 2 saturated heterocycles. The van der Waals surface area contributed by atoms with Crippen molar-refractivity contribution in [1.29, 1.82) is 0 Å². The summed E-state index contributed by atoms with van der Waals surface area (Å²) in [6, 6.07) is 0. The summed E-state index contributed by atoms with van der Waals surface area (Å²) in [5.41, 5.74) is 1.93. The SMILES string of the molecule is CC(C)=CCN1CCC2(CCC(CNC(=O)c3csc(C)n3)O2)CC1. The van der Waals surface area contributed by atoms with Crippen LogP contribution in [0.5, 0.6) is 0 Å². The number of thiazole rings is 1. The van der Waals surface area contributed by atoms with Crippen LogP contribution in [0.15, 0.2) is 17.0 Å². The molecule has 1 amide bonds. The van der Waals surface area contributed by atoms with E-state index in [9.17, 15) is 4.79 Å². The Hall–Kier alpha value is -1.24. The fourth-order valence-corrected chi connectivity index (χ4v) is 4.22. The number of ether oxygens (including phenoxy) is 1. The van der Waals surface area contributed by atoms with Crippen LogP contribution in [0, 0.1) is 6.92 Å². The molecule has 138 valence electrons. The monoisotopic (exact) mass is 363 g/mol. The second-order valence-electron chi connectivity index (χ2n) is 7.51. The first-order chi connectivity index (χ1) is 12.0. The summed E-state index contributed by atoms with van der Waals surface area (Å²) in [5, 5.41) is 5.71. The molecular weight excluding hydrogens is 334 g/mol. The Kier molecular flexibility index (Phi) is 5.92. The Balaban J connectivity index is 1.43. The number of aromatic nitrogens is 1. The van der Waals surface area contributed by atoms with E-state index in [1.807, 2.05) is 12.3 Å². The van der Waals surface area contributed by atoms with Gasteiger partial charge in [-0.2, -0.15) is 0 Å². The lowest BCUT2D eigenvalue weighted by Crippen LogP contribution is -2.45. The van der Waals surface area contributed by atoms with Crippen LogP contribution in [0.4, 0.5) is 0 Å². The first-order valence-electron chi connectivity index (χ1n) is 9.20. The molecule has 1 N–H and O–H groups in total. The maximum atomic E-state index is 12.1. The topological polar surface area (TPSA) is 54.5 Å². The molecule has 3 heterocycles. The maximum Gasteiger partial charge on any atom is 0.270 e. The van der Waals surface area contributed by atoms with Crippen LogP contribution in [-0.4, -0.2) is 53.7 Å². The second kappa shape index (κ2) is 7.98. The van der Waals surface area contributed by atoms with Crippen molar-refractivity contribution in [2.75, 3.05) is 26.2 Å². The third-order valence-corrected chi connectivity index (χ3v) is 5.98. The molecule has 1 aromatic rings. The number of hydrogen-bond donors (Lipinski definition) is 1. The van der Waals surface area contributed by atoms with Crippen molar-refractivity contribution in [2.24, 2.45) is 0 Å². The van der Waals surface area contributed by atoms with E-state index in [2.05, 4.69) is 35.1 Å². The van der Waals surface area contributed by atoms with E-state index in [1.54, 1.807) is 0 Å². The van der Waals surface area contributed by atoms with Crippen molar-refractivity contribution in [3.8, 4) is 0 Å². The molecule has 1 spiro atoms. The highest BCUT2D eigenvalue weighted by atomic mass is 32.1. The van der Waals surface area contributed by atoms with Crippen LogP contribution in [0.25, 0.3) is 0 Å². The lowest BCUT2D eigenvalue weighted by atomic mass is 9.88. The van der Waals surface area contributed by atoms with Crippen LogP contribution >= 0.6 is 11.3 Å². The summed E-state index contributed by atoms with van der Waals surface area (Å²) in [6.07, 6.45) is 6.77. The maximum absolute atomic E-state index is 12.1. The molecule has 25 heavy (non-hydrogen) atoms. The Morgan fingerprint density at radius 3 is 2.84 bits per heavy atom. The largest absolute Gasteiger partial charge is 0.370 e. The molecule has 2 aliphatic rings. The van der Waals surface area contributed by atoms with Crippen LogP contribution < -0.4 is 5.32 Å². The molecule has 1 atom stereocenters. The van der Waals surface area contributed by atoms with Gasteiger partial charge in [0, 0.05) is 31.6 Å². The van der Waals surface area contributed by atoms with Crippen LogP contribution in [-0.2, 0) is 4.74 Å². The minimum Gasteiger partial charge on any atom is -0.370 e. The molecule has 0 bridgehead atoms. The minimum absolute atomic E-state index is 0.0358. The predicted molar refractivity (Wildman–Crippen MR) is 101 cm³/mol. The zero-order valence-corrected chi connectivity index (χ0v) is 16.3. The number of piperidine rings is 1. The number of likely N-dealkylation sites (tertiary alicyclic amines) is 1. The standard InChI is InChI=1S/C19H29N3O2S/c1-14(2)5-9-22-10-7-19(8-11-22)6-4-16(24-19)12-20-18(23)17-13-25-15(3)21-17/h5,13,16H,4,6-12H2,1-3H3,(H,20,23). The molecule has 2 aliphatic heterocycles. The van der Waals surface area contributed by atoms with Crippen molar-refractivity contribution in [2.45, 2.75) is 58.2 Å². The molecule has 0 saturated carbocycles. The van der Waals surface area contributed by atoms with Crippen molar-refractivity contribution in [3.63, 3.8) is 0 Å². The number of amides is 1. The van der Waals surface area contributed by atoms with Crippen molar-refractivity contribution in [1.82, 2.24) is 15.2 Å². The van der Waals surface area contributed by atoms with Gasteiger partial charge in [0.2, 0.25) is 0 Å². The summed E-state index contributed by atoms with van der Waals surface area (Å²) >= 11 is 1.50. The predicted octanol–water partition coefficient (Wildman–Crippen LogP) is 3.16. The number of nitrogens with zero attached hydrogens (tertiary/aromatic N) is 2. The van der Waals surface area contributed by atoms with E-state index in [4.69, 9.17) is 4.74 Å². The molecule has 6 heteroatoms. The van der Waals surface area contributed by atoms with Gasteiger partial charge in [0.25, 0.3) is 5.91 Å². The molecule has 0 radical (unpaired) electrons. The van der Waals surface area contributed by atoms with Gasteiger partial charge in [-0.05, 0) is 46.5 Å². The molecule has 0 aromatic carbocycles. The molecule has 0 aliphatic carbocycles. The van der Waals surface area contributed by atoms with E-state index >= 15 is 0 Å². The number of carbonyl (C=O) groups is 1. The second-order valence-corrected chi connectivity index (χ2v) is 8.57. The van der Waals surface area contributed by atoms with E-state index in [-0.39, 0.29) is 17.6 Å². The minimum atomic E-state index is -0.0922. The molecule has 2 fully saturated rings. The van der Waals surface area contributed by atoms with Crippen molar-refractivity contribution in [3.05, 3.63) is 27.7 Å². The number of rotatable bonds is 5. The summed E-state index contributed by atoms with van der Waals surface area (Å²) in [6.45, 7) is 10.0.